The van der Waals surface area contributed by atoms with Crippen LogP contribution in [-0.4, -0.2) is 25.0 Å². The van der Waals surface area contributed by atoms with Crippen LogP contribution in [0.2, 0.25) is 4.34 Å². The van der Waals surface area contributed by atoms with Gasteiger partial charge in [0, 0.05) is 22.4 Å². The third-order valence-electron chi connectivity index (χ3n) is 5.15. The SMILES string of the molecule is CN(CC1CC2CCC1C2)C(CN)c1cc(Br)c(Cl)s1. The molecule has 112 valence electrons. The molecule has 5 heteroatoms. The molecular weight excluding hydrogens is 356 g/mol. The molecule has 2 fully saturated rings. The Hall–Kier alpha value is 0.390. The summed E-state index contributed by atoms with van der Waals surface area (Å²) in [5.74, 6) is 2.87. The van der Waals surface area contributed by atoms with Gasteiger partial charge in [-0.15, -0.1) is 11.3 Å². The first-order valence-corrected chi connectivity index (χ1v) is 9.42. The van der Waals surface area contributed by atoms with Gasteiger partial charge in [-0.2, -0.15) is 0 Å². The van der Waals surface area contributed by atoms with Crippen molar-refractivity contribution in [3.63, 3.8) is 0 Å². The largest absolute Gasteiger partial charge is 0.329 e. The molecule has 0 spiro atoms. The van der Waals surface area contributed by atoms with Crippen LogP contribution in [0, 0.1) is 17.8 Å². The van der Waals surface area contributed by atoms with Gasteiger partial charge in [0.1, 0.15) is 4.34 Å². The molecular formula is C15H22BrClN2S. The van der Waals surface area contributed by atoms with Crippen molar-refractivity contribution in [1.29, 1.82) is 0 Å². The molecule has 0 amide bonds. The summed E-state index contributed by atoms with van der Waals surface area (Å²) < 4.78 is 1.82. The van der Waals surface area contributed by atoms with E-state index in [1.54, 1.807) is 11.3 Å². The van der Waals surface area contributed by atoms with Crippen LogP contribution in [0.4, 0.5) is 0 Å². The van der Waals surface area contributed by atoms with Gasteiger partial charge in [0.2, 0.25) is 0 Å². The number of halogens is 2. The Labute approximate surface area is 138 Å². The molecule has 4 unspecified atom stereocenters. The lowest BCUT2D eigenvalue weighted by Crippen LogP contribution is -2.35. The number of rotatable bonds is 5. The van der Waals surface area contributed by atoms with Crippen LogP contribution >= 0.6 is 38.9 Å². The Balaban J connectivity index is 1.66. The normalized spacial score (nSPS) is 30.4. The first kappa shape index (κ1) is 15.3. The summed E-state index contributed by atoms with van der Waals surface area (Å²) in [4.78, 5) is 3.72. The third kappa shape index (κ3) is 2.95. The van der Waals surface area contributed by atoms with Gasteiger partial charge in [0.15, 0.2) is 0 Å². The molecule has 4 atom stereocenters. The molecule has 3 rings (SSSR count). The topological polar surface area (TPSA) is 29.3 Å². The van der Waals surface area contributed by atoms with E-state index in [4.69, 9.17) is 17.3 Å². The summed E-state index contributed by atoms with van der Waals surface area (Å²) in [6, 6.07) is 2.42. The number of nitrogens with two attached hydrogens (primary N) is 1. The van der Waals surface area contributed by atoms with Crippen molar-refractivity contribution in [3.05, 3.63) is 19.8 Å². The van der Waals surface area contributed by atoms with E-state index in [-0.39, 0.29) is 0 Å². The number of fused-ring (bicyclic) bond motifs is 2. The fourth-order valence-corrected chi connectivity index (χ4v) is 6.05. The highest BCUT2D eigenvalue weighted by molar-refractivity contribution is 9.10. The Kier molecular flexibility index (Phi) is 4.78. The summed E-state index contributed by atoms with van der Waals surface area (Å²) in [7, 11) is 2.21. The second-order valence-corrected chi connectivity index (χ2v) is 8.94. The number of thiophene rings is 1. The maximum Gasteiger partial charge on any atom is 0.107 e. The zero-order chi connectivity index (χ0) is 14.3. The fraction of sp³-hybridized carbons (Fsp3) is 0.733. The predicted molar refractivity (Wildman–Crippen MR) is 90.4 cm³/mol. The lowest BCUT2D eigenvalue weighted by molar-refractivity contribution is 0.178. The second-order valence-electron chi connectivity index (χ2n) is 6.40. The van der Waals surface area contributed by atoms with Gasteiger partial charge in [-0.3, -0.25) is 4.90 Å². The van der Waals surface area contributed by atoms with E-state index in [0.717, 1.165) is 26.6 Å². The molecule has 2 aliphatic rings. The Morgan fingerprint density at radius 2 is 2.30 bits per heavy atom. The van der Waals surface area contributed by atoms with E-state index >= 15 is 0 Å². The number of hydrogen-bond acceptors (Lipinski definition) is 3. The van der Waals surface area contributed by atoms with Crippen molar-refractivity contribution in [2.45, 2.75) is 31.7 Å². The minimum Gasteiger partial charge on any atom is -0.329 e. The Morgan fingerprint density at radius 3 is 2.80 bits per heavy atom. The number of nitrogens with zero attached hydrogens (tertiary/aromatic N) is 1. The molecule has 0 radical (unpaired) electrons. The summed E-state index contributed by atoms with van der Waals surface area (Å²) >= 11 is 11.3. The van der Waals surface area contributed by atoms with Gasteiger partial charge in [-0.05, 0) is 66.1 Å². The summed E-state index contributed by atoms with van der Waals surface area (Å²) in [5, 5.41) is 0. The molecule has 2 N–H and O–H groups in total. The standard InChI is InChI=1S/C15H22BrClN2S/c1-19(8-11-5-9-2-3-10(11)4-9)13(7-18)14-6-12(16)15(17)20-14/h6,9-11,13H,2-5,7-8,18H2,1H3. The van der Waals surface area contributed by atoms with Crippen molar-refractivity contribution < 1.29 is 0 Å². The zero-order valence-electron chi connectivity index (χ0n) is 11.8. The maximum atomic E-state index is 6.17. The van der Waals surface area contributed by atoms with Crippen LogP contribution in [0.25, 0.3) is 0 Å². The van der Waals surface area contributed by atoms with Gasteiger partial charge in [0.05, 0.1) is 6.04 Å². The first-order valence-electron chi connectivity index (χ1n) is 7.43. The minimum atomic E-state index is 0.294. The van der Waals surface area contributed by atoms with Gasteiger partial charge in [-0.1, -0.05) is 18.0 Å². The lowest BCUT2D eigenvalue weighted by Gasteiger charge is -2.32. The highest BCUT2D eigenvalue weighted by atomic mass is 79.9. The lowest BCUT2D eigenvalue weighted by atomic mass is 9.88. The van der Waals surface area contributed by atoms with Crippen LogP contribution in [0.3, 0.4) is 0 Å². The van der Waals surface area contributed by atoms with Gasteiger partial charge < -0.3 is 5.73 Å². The molecule has 1 heterocycles. The number of hydrogen-bond donors (Lipinski definition) is 1. The molecule has 1 aromatic rings. The molecule has 2 aliphatic carbocycles. The fourth-order valence-electron chi connectivity index (χ4n) is 4.14. The second kappa shape index (κ2) is 6.25. The third-order valence-corrected chi connectivity index (χ3v) is 7.73. The molecule has 0 aromatic carbocycles. The molecule has 0 aliphatic heterocycles. The minimum absolute atomic E-state index is 0.294. The van der Waals surface area contributed by atoms with E-state index in [1.807, 2.05) is 0 Å². The quantitative estimate of drug-likeness (QED) is 0.816. The van der Waals surface area contributed by atoms with E-state index in [2.05, 4.69) is 33.9 Å². The number of likely N-dealkylation sites (N-methyl/N-ethyl adjacent to an activating group) is 1. The van der Waals surface area contributed by atoms with Crippen molar-refractivity contribution in [3.8, 4) is 0 Å². The highest BCUT2D eigenvalue weighted by Gasteiger charge is 2.40. The summed E-state index contributed by atoms with van der Waals surface area (Å²) in [5.41, 5.74) is 6.02. The van der Waals surface area contributed by atoms with Crippen molar-refractivity contribution in [2.24, 2.45) is 23.5 Å². The molecule has 2 saturated carbocycles. The van der Waals surface area contributed by atoms with Crippen LogP contribution < -0.4 is 5.73 Å². The molecule has 1 aromatic heterocycles. The highest BCUT2D eigenvalue weighted by Crippen LogP contribution is 2.49. The van der Waals surface area contributed by atoms with E-state index < -0.39 is 0 Å². The maximum absolute atomic E-state index is 6.17. The van der Waals surface area contributed by atoms with Gasteiger partial charge in [-0.25, -0.2) is 0 Å². The van der Waals surface area contributed by atoms with Gasteiger partial charge >= 0.3 is 0 Å². The monoisotopic (exact) mass is 376 g/mol. The zero-order valence-corrected chi connectivity index (χ0v) is 15.0. The van der Waals surface area contributed by atoms with Crippen LogP contribution in [0.1, 0.15) is 36.6 Å². The Morgan fingerprint density at radius 1 is 1.50 bits per heavy atom. The summed E-state index contributed by atoms with van der Waals surface area (Å²) in [6.45, 7) is 1.83. The molecule has 2 nitrogen and oxygen atoms in total. The van der Waals surface area contributed by atoms with Crippen molar-refractivity contribution in [2.75, 3.05) is 20.1 Å². The molecule has 20 heavy (non-hydrogen) atoms. The van der Waals surface area contributed by atoms with Crippen molar-refractivity contribution in [1.82, 2.24) is 4.90 Å². The predicted octanol–water partition coefficient (Wildman–Crippen LogP) is 4.53. The van der Waals surface area contributed by atoms with E-state index in [1.165, 1.54) is 37.1 Å². The van der Waals surface area contributed by atoms with E-state index in [9.17, 15) is 0 Å². The van der Waals surface area contributed by atoms with Gasteiger partial charge in [0.25, 0.3) is 0 Å². The van der Waals surface area contributed by atoms with Crippen LogP contribution in [0.15, 0.2) is 10.5 Å². The Bertz CT molecular complexity index is 459. The van der Waals surface area contributed by atoms with Crippen LogP contribution in [-0.2, 0) is 0 Å². The first-order chi connectivity index (χ1) is 9.58. The van der Waals surface area contributed by atoms with E-state index in [0.29, 0.717) is 12.6 Å². The molecule has 2 bridgehead atoms. The van der Waals surface area contributed by atoms with Crippen molar-refractivity contribution >= 4 is 38.9 Å². The summed E-state index contributed by atoms with van der Waals surface area (Å²) in [6.07, 6.45) is 5.83. The average molecular weight is 378 g/mol. The smallest absolute Gasteiger partial charge is 0.107 e. The molecule has 0 saturated heterocycles. The van der Waals surface area contributed by atoms with Crippen LogP contribution in [0.5, 0.6) is 0 Å². The average Bonchev–Trinajstić information content (AvgIpc) is 3.08.